The van der Waals surface area contributed by atoms with Crippen LogP contribution in [0.5, 0.6) is 0 Å². The van der Waals surface area contributed by atoms with Crippen LogP contribution < -0.4 is 4.72 Å². The number of nitrogens with one attached hydrogen (secondary N) is 1. The predicted molar refractivity (Wildman–Crippen MR) is 82.9 cm³/mol. The van der Waals surface area contributed by atoms with E-state index in [-0.39, 0.29) is 18.1 Å². The summed E-state index contributed by atoms with van der Waals surface area (Å²) in [7, 11) is -3.54. The molecule has 2 aromatic rings. The van der Waals surface area contributed by atoms with Gasteiger partial charge in [-0.1, -0.05) is 41.9 Å². The number of sulfonamides is 1. The Kier molecular flexibility index (Phi) is 5.12. The summed E-state index contributed by atoms with van der Waals surface area (Å²) < 4.78 is 26.1. The number of benzene rings is 2. The molecule has 0 amide bonds. The van der Waals surface area contributed by atoms with Crippen LogP contribution in [-0.2, 0) is 15.8 Å². The van der Waals surface area contributed by atoms with Crippen molar-refractivity contribution in [2.24, 2.45) is 0 Å². The van der Waals surface area contributed by atoms with Crippen LogP contribution >= 0.6 is 11.6 Å². The van der Waals surface area contributed by atoms with Gasteiger partial charge in [0.25, 0.3) is 0 Å². The van der Waals surface area contributed by atoms with Crippen molar-refractivity contribution >= 4 is 27.4 Å². The maximum atomic E-state index is 11.9. The van der Waals surface area contributed by atoms with Crippen LogP contribution in [0.4, 0.5) is 0 Å². The second kappa shape index (κ2) is 6.85. The molecule has 6 heteroatoms. The Labute approximate surface area is 128 Å². The van der Waals surface area contributed by atoms with Crippen LogP contribution in [0.25, 0.3) is 0 Å². The summed E-state index contributed by atoms with van der Waals surface area (Å²) >= 11 is 5.73. The van der Waals surface area contributed by atoms with Gasteiger partial charge in [-0.25, -0.2) is 13.1 Å². The highest BCUT2D eigenvalue weighted by Crippen LogP contribution is 2.10. The van der Waals surface area contributed by atoms with Crippen molar-refractivity contribution in [2.75, 3.05) is 6.54 Å². The van der Waals surface area contributed by atoms with Gasteiger partial charge in [-0.2, -0.15) is 0 Å². The van der Waals surface area contributed by atoms with Gasteiger partial charge >= 0.3 is 0 Å². The van der Waals surface area contributed by atoms with Gasteiger partial charge in [0, 0.05) is 10.6 Å². The number of hydrogen-bond acceptors (Lipinski definition) is 3. The molecular formula is C15H14ClNO3S. The van der Waals surface area contributed by atoms with Gasteiger partial charge in [0.05, 0.1) is 12.3 Å². The van der Waals surface area contributed by atoms with E-state index in [9.17, 15) is 13.2 Å². The van der Waals surface area contributed by atoms with E-state index < -0.39 is 10.0 Å². The van der Waals surface area contributed by atoms with Crippen LogP contribution in [0.3, 0.4) is 0 Å². The lowest BCUT2D eigenvalue weighted by Crippen LogP contribution is -2.30. The summed E-state index contributed by atoms with van der Waals surface area (Å²) in [5.74, 6) is -0.454. The van der Waals surface area contributed by atoms with E-state index in [0.29, 0.717) is 16.1 Å². The quantitative estimate of drug-likeness (QED) is 0.831. The Morgan fingerprint density at radius 2 is 1.62 bits per heavy atom. The number of carbonyl (C=O) groups is 1. The van der Waals surface area contributed by atoms with Gasteiger partial charge in [-0.15, -0.1) is 0 Å². The van der Waals surface area contributed by atoms with E-state index in [4.69, 9.17) is 11.6 Å². The zero-order valence-corrected chi connectivity index (χ0v) is 12.7. The monoisotopic (exact) mass is 323 g/mol. The molecule has 4 nitrogen and oxygen atoms in total. The SMILES string of the molecule is O=C(CNS(=O)(=O)Cc1ccccc1)c1ccc(Cl)cc1. The summed E-state index contributed by atoms with van der Waals surface area (Å²) in [5, 5.41) is 0.524. The molecule has 0 atom stereocenters. The van der Waals surface area contributed by atoms with Crippen molar-refractivity contribution in [1.82, 2.24) is 4.72 Å². The molecule has 0 saturated heterocycles. The molecular weight excluding hydrogens is 310 g/mol. The van der Waals surface area contributed by atoms with Gasteiger partial charge in [-0.05, 0) is 29.8 Å². The molecule has 0 fully saturated rings. The van der Waals surface area contributed by atoms with E-state index in [2.05, 4.69) is 4.72 Å². The second-order valence-corrected chi connectivity index (χ2v) is 6.74. The number of halogens is 1. The molecule has 2 rings (SSSR count). The van der Waals surface area contributed by atoms with Crippen molar-refractivity contribution in [3.8, 4) is 0 Å². The minimum Gasteiger partial charge on any atom is -0.293 e. The molecule has 21 heavy (non-hydrogen) atoms. The molecule has 0 aromatic heterocycles. The number of hydrogen-bond donors (Lipinski definition) is 1. The Morgan fingerprint density at radius 3 is 2.24 bits per heavy atom. The molecule has 0 radical (unpaired) electrons. The van der Waals surface area contributed by atoms with Gasteiger partial charge in [0.15, 0.2) is 5.78 Å². The molecule has 0 unspecified atom stereocenters. The molecule has 110 valence electrons. The highest BCUT2D eigenvalue weighted by atomic mass is 35.5. The molecule has 2 aromatic carbocycles. The molecule has 0 spiro atoms. The highest BCUT2D eigenvalue weighted by molar-refractivity contribution is 7.88. The third-order valence-corrected chi connectivity index (χ3v) is 4.37. The molecule has 1 N–H and O–H groups in total. The Morgan fingerprint density at radius 1 is 1.00 bits per heavy atom. The summed E-state index contributed by atoms with van der Waals surface area (Å²) in [6, 6.07) is 15.1. The molecule has 0 bridgehead atoms. The van der Waals surface area contributed by atoms with E-state index in [1.807, 2.05) is 6.07 Å². The zero-order chi connectivity index (χ0) is 15.3. The third kappa shape index (κ3) is 4.97. The van der Waals surface area contributed by atoms with E-state index in [1.165, 1.54) is 0 Å². The third-order valence-electron chi connectivity index (χ3n) is 2.82. The molecule has 0 aliphatic heterocycles. The number of rotatable bonds is 6. The van der Waals surface area contributed by atoms with Crippen molar-refractivity contribution in [3.05, 3.63) is 70.7 Å². The number of carbonyl (C=O) groups excluding carboxylic acids is 1. The van der Waals surface area contributed by atoms with Crippen LogP contribution in [0, 0.1) is 0 Å². The standard InChI is InChI=1S/C15H14ClNO3S/c16-14-8-6-13(7-9-14)15(18)10-17-21(19,20)11-12-4-2-1-3-5-12/h1-9,17H,10-11H2. The summed E-state index contributed by atoms with van der Waals surface area (Å²) in [5.41, 5.74) is 1.09. The van der Waals surface area contributed by atoms with Crippen LogP contribution in [0.2, 0.25) is 5.02 Å². The predicted octanol–water partition coefficient (Wildman–Crippen LogP) is 2.64. The summed E-state index contributed by atoms with van der Waals surface area (Å²) in [6.07, 6.45) is 0. The minimum atomic E-state index is -3.54. The smallest absolute Gasteiger partial charge is 0.216 e. The lowest BCUT2D eigenvalue weighted by molar-refractivity contribution is 0.0997. The first kappa shape index (κ1) is 15.7. The fourth-order valence-electron chi connectivity index (χ4n) is 1.76. The van der Waals surface area contributed by atoms with Gasteiger partial charge in [-0.3, -0.25) is 4.79 Å². The summed E-state index contributed by atoms with van der Waals surface area (Å²) in [4.78, 5) is 11.9. The molecule has 0 saturated carbocycles. The maximum Gasteiger partial charge on any atom is 0.216 e. The van der Waals surface area contributed by atoms with E-state index in [0.717, 1.165) is 0 Å². The number of ketones is 1. The maximum absolute atomic E-state index is 11.9. The fourth-order valence-corrected chi connectivity index (χ4v) is 2.97. The Bertz CT molecular complexity index is 712. The summed E-state index contributed by atoms with van der Waals surface area (Å²) in [6.45, 7) is -0.267. The lowest BCUT2D eigenvalue weighted by Gasteiger charge is -2.06. The van der Waals surface area contributed by atoms with Crippen molar-refractivity contribution in [2.45, 2.75) is 5.75 Å². The van der Waals surface area contributed by atoms with Gasteiger partial charge in [0.1, 0.15) is 0 Å². The van der Waals surface area contributed by atoms with Crippen molar-refractivity contribution < 1.29 is 13.2 Å². The molecule has 0 aliphatic carbocycles. The Balaban J connectivity index is 1.95. The normalized spacial score (nSPS) is 11.3. The van der Waals surface area contributed by atoms with Gasteiger partial charge in [0.2, 0.25) is 10.0 Å². The van der Waals surface area contributed by atoms with Crippen LogP contribution in [0.1, 0.15) is 15.9 Å². The highest BCUT2D eigenvalue weighted by Gasteiger charge is 2.14. The van der Waals surface area contributed by atoms with Crippen LogP contribution in [-0.4, -0.2) is 20.7 Å². The van der Waals surface area contributed by atoms with Gasteiger partial charge < -0.3 is 0 Å². The van der Waals surface area contributed by atoms with E-state index in [1.54, 1.807) is 48.5 Å². The average molecular weight is 324 g/mol. The topological polar surface area (TPSA) is 63.2 Å². The molecule has 0 aliphatic rings. The minimum absolute atomic E-state index is 0.151. The van der Waals surface area contributed by atoms with Crippen molar-refractivity contribution in [1.29, 1.82) is 0 Å². The van der Waals surface area contributed by atoms with Crippen molar-refractivity contribution in [3.63, 3.8) is 0 Å². The Hall–Kier alpha value is -1.69. The van der Waals surface area contributed by atoms with Crippen LogP contribution in [0.15, 0.2) is 54.6 Å². The largest absolute Gasteiger partial charge is 0.293 e. The first-order chi connectivity index (χ1) is 9.96. The lowest BCUT2D eigenvalue weighted by atomic mass is 10.1. The zero-order valence-electron chi connectivity index (χ0n) is 11.1. The number of Topliss-reactive ketones (excluding diaryl/α,β-unsaturated/α-hetero) is 1. The van der Waals surface area contributed by atoms with E-state index >= 15 is 0 Å². The first-order valence-electron chi connectivity index (χ1n) is 6.26. The first-order valence-corrected chi connectivity index (χ1v) is 8.29. The average Bonchev–Trinajstić information content (AvgIpc) is 2.46. The molecule has 0 heterocycles. The fraction of sp³-hybridized carbons (Fsp3) is 0.133. The second-order valence-electron chi connectivity index (χ2n) is 4.50.